The fraction of sp³-hybridized carbons (Fsp3) is 0.375. The molecule has 1 saturated heterocycles. The van der Waals surface area contributed by atoms with E-state index >= 15 is 0 Å². The number of aliphatic hydroxyl groups excluding tert-OH is 1. The van der Waals surface area contributed by atoms with E-state index in [0.29, 0.717) is 16.7 Å². The Morgan fingerprint density at radius 3 is 2.82 bits per heavy atom. The van der Waals surface area contributed by atoms with Gasteiger partial charge in [-0.15, -0.1) is 6.58 Å². The van der Waals surface area contributed by atoms with Gasteiger partial charge in [0.25, 0.3) is 5.91 Å². The molecule has 2 aromatic heterocycles. The molecule has 0 radical (unpaired) electrons. The minimum absolute atomic E-state index is 0.0164. The average Bonchev–Trinajstić information content (AvgIpc) is 3.49. The van der Waals surface area contributed by atoms with Crippen molar-refractivity contribution in [2.45, 2.75) is 31.8 Å². The van der Waals surface area contributed by atoms with Crippen molar-refractivity contribution in [3.8, 4) is 6.07 Å². The summed E-state index contributed by atoms with van der Waals surface area (Å²) in [5.41, 5.74) is 1.16. The predicted molar refractivity (Wildman–Crippen MR) is 135 cm³/mol. The quantitative estimate of drug-likeness (QED) is 0.196. The summed E-state index contributed by atoms with van der Waals surface area (Å²) in [6, 6.07) is 10.6. The number of phosphoric acid groups is 1. The Hall–Kier alpha value is -3.50. The first kappa shape index (κ1) is 27.5. The van der Waals surface area contributed by atoms with Crippen LogP contribution in [-0.4, -0.2) is 62.6 Å². The van der Waals surface area contributed by atoms with E-state index in [9.17, 15) is 14.5 Å². The molecule has 38 heavy (non-hydrogen) atoms. The van der Waals surface area contributed by atoms with Crippen LogP contribution in [0.4, 0.5) is 5.82 Å². The van der Waals surface area contributed by atoms with Crippen LogP contribution in [0.3, 0.4) is 0 Å². The summed E-state index contributed by atoms with van der Waals surface area (Å²) in [5, 5.41) is 21.5. The van der Waals surface area contributed by atoms with Gasteiger partial charge in [-0.2, -0.15) is 5.26 Å². The van der Waals surface area contributed by atoms with Crippen molar-refractivity contribution < 1.29 is 32.8 Å². The number of imidazole rings is 1. The van der Waals surface area contributed by atoms with Crippen molar-refractivity contribution in [2.75, 3.05) is 25.1 Å². The third-order valence-corrected chi connectivity index (χ3v) is 7.26. The van der Waals surface area contributed by atoms with E-state index in [1.54, 1.807) is 35.8 Å². The van der Waals surface area contributed by atoms with Crippen LogP contribution in [0.1, 0.15) is 29.9 Å². The minimum atomic E-state index is -4.12. The van der Waals surface area contributed by atoms with E-state index in [1.807, 2.05) is 12.1 Å². The summed E-state index contributed by atoms with van der Waals surface area (Å²) >= 11 is 0. The molecule has 4 rings (SSSR count). The molecule has 0 aliphatic carbocycles. The lowest BCUT2D eigenvalue weighted by atomic mass is 10.0. The van der Waals surface area contributed by atoms with Crippen LogP contribution in [0.2, 0.25) is 0 Å². The molecule has 14 heteroatoms. The van der Waals surface area contributed by atoms with Crippen molar-refractivity contribution in [1.82, 2.24) is 19.5 Å². The largest absolute Gasteiger partial charge is 0.475 e. The number of nitrogens with one attached hydrogen (secondary N) is 1. The van der Waals surface area contributed by atoms with E-state index in [2.05, 4.69) is 26.8 Å². The second-order valence-corrected chi connectivity index (χ2v) is 9.94. The Morgan fingerprint density at radius 2 is 2.11 bits per heavy atom. The molecule has 1 aliphatic rings. The zero-order chi connectivity index (χ0) is 27.1. The second kappa shape index (κ2) is 12.4. The highest BCUT2D eigenvalue weighted by atomic mass is 31.2. The van der Waals surface area contributed by atoms with Crippen LogP contribution in [0, 0.1) is 17.2 Å². The van der Waals surface area contributed by atoms with Gasteiger partial charge < -0.3 is 15.2 Å². The monoisotopic (exact) mass is 542 g/mol. The molecule has 2 N–H and O–H groups in total. The lowest BCUT2D eigenvalue weighted by molar-refractivity contribution is -0.0460. The Kier molecular flexibility index (Phi) is 8.96. The highest BCUT2D eigenvalue weighted by molar-refractivity contribution is 7.48. The number of anilines is 1. The Bertz CT molecular complexity index is 1360. The molecule has 3 aromatic rings. The maximum atomic E-state index is 13.2. The number of nitriles is 1. The molecule has 0 saturated carbocycles. The summed E-state index contributed by atoms with van der Waals surface area (Å²) in [4.78, 5) is 25.5. The number of hydrogen-bond donors (Lipinski definition) is 2. The van der Waals surface area contributed by atoms with E-state index < -0.39 is 38.8 Å². The van der Waals surface area contributed by atoms with Gasteiger partial charge in [-0.3, -0.25) is 22.9 Å². The van der Waals surface area contributed by atoms with Crippen LogP contribution >= 0.6 is 7.82 Å². The first-order chi connectivity index (χ1) is 18.4. The summed E-state index contributed by atoms with van der Waals surface area (Å²) in [6.07, 6.45) is 1.62. The van der Waals surface area contributed by atoms with E-state index in [4.69, 9.17) is 23.6 Å². The SMILES string of the molecule is C=CCOP(=O)(OCCC#N)OC1C(C)[C@H](n2cnc3c(NC(=O)c4ccccc4)ncnc32)O[C@@H]1CO. The summed E-state index contributed by atoms with van der Waals surface area (Å²) in [5.74, 6) is -0.624. The van der Waals surface area contributed by atoms with Crippen molar-refractivity contribution in [2.24, 2.45) is 5.92 Å². The lowest BCUT2D eigenvalue weighted by Gasteiger charge is -2.25. The first-order valence-corrected chi connectivity index (χ1v) is 13.2. The maximum Gasteiger partial charge on any atom is 0.475 e. The van der Waals surface area contributed by atoms with Gasteiger partial charge in [0.2, 0.25) is 0 Å². The number of phosphoric ester groups is 1. The molecule has 13 nitrogen and oxygen atoms in total. The molecular weight excluding hydrogens is 515 g/mol. The van der Waals surface area contributed by atoms with Crippen molar-refractivity contribution >= 4 is 30.7 Å². The van der Waals surface area contributed by atoms with Gasteiger partial charge in [0, 0.05) is 11.5 Å². The van der Waals surface area contributed by atoms with E-state index in [-0.39, 0.29) is 31.4 Å². The fourth-order valence-electron chi connectivity index (χ4n) is 4.00. The van der Waals surface area contributed by atoms with Gasteiger partial charge in [-0.25, -0.2) is 19.5 Å². The number of amides is 1. The number of aliphatic hydroxyl groups is 1. The molecule has 1 fully saturated rings. The molecule has 3 unspecified atom stereocenters. The fourth-order valence-corrected chi connectivity index (χ4v) is 5.43. The van der Waals surface area contributed by atoms with Gasteiger partial charge in [0.05, 0.1) is 38.6 Å². The van der Waals surface area contributed by atoms with Gasteiger partial charge in [-0.1, -0.05) is 31.2 Å². The van der Waals surface area contributed by atoms with Crippen LogP contribution in [0.25, 0.3) is 11.2 Å². The number of benzene rings is 1. The smallest absolute Gasteiger partial charge is 0.394 e. The minimum Gasteiger partial charge on any atom is -0.394 e. The van der Waals surface area contributed by atoms with Crippen LogP contribution in [0.5, 0.6) is 0 Å². The first-order valence-electron chi connectivity index (χ1n) is 11.8. The molecule has 1 aromatic carbocycles. The Balaban J connectivity index is 1.57. The maximum absolute atomic E-state index is 13.2. The van der Waals surface area contributed by atoms with Crippen LogP contribution < -0.4 is 5.32 Å². The molecule has 5 atom stereocenters. The second-order valence-electron chi connectivity index (χ2n) is 8.32. The Morgan fingerprint density at radius 1 is 1.32 bits per heavy atom. The number of fused-ring (bicyclic) bond motifs is 1. The highest BCUT2D eigenvalue weighted by Gasteiger charge is 2.48. The third-order valence-electron chi connectivity index (χ3n) is 5.79. The number of hydrogen-bond acceptors (Lipinski definition) is 11. The zero-order valence-electron chi connectivity index (χ0n) is 20.5. The van der Waals surface area contributed by atoms with E-state index in [0.717, 1.165) is 0 Å². The van der Waals surface area contributed by atoms with Crippen LogP contribution in [0.15, 0.2) is 55.6 Å². The highest BCUT2D eigenvalue weighted by Crippen LogP contribution is 2.54. The zero-order valence-corrected chi connectivity index (χ0v) is 21.4. The summed E-state index contributed by atoms with van der Waals surface area (Å²) in [7, 11) is -4.12. The Labute approximate surface area is 218 Å². The molecule has 0 spiro atoms. The van der Waals surface area contributed by atoms with Gasteiger partial charge in [0.1, 0.15) is 24.8 Å². The molecule has 1 amide bonds. The standard InChI is InChI=1S/C24H27N6O7P/c1-3-11-34-38(33,35-12-7-10-25)37-20-16(2)24(36-18(20)13-31)30-15-28-19-21(26-14-27-22(19)30)29-23(32)17-8-5-4-6-9-17/h3-6,8-9,14-16,18,20,24,31H,1,7,11-13H2,2H3,(H,26,27,29,32)/t16?,18-,20?,24-,38?/m1/s1. The van der Waals surface area contributed by atoms with Crippen molar-refractivity contribution in [3.05, 3.63) is 61.2 Å². The molecule has 1 aliphatic heterocycles. The number of aromatic nitrogens is 4. The molecule has 3 heterocycles. The van der Waals surface area contributed by atoms with Gasteiger partial charge in [0.15, 0.2) is 17.0 Å². The van der Waals surface area contributed by atoms with Gasteiger partial charge in [-0.05, 0) is 12.1 Å². The number of nitrogens with zero attached hydrogens (tertiary/aromatic N) is 5. The molecule has 200 valence electrons. The van der Waals surface area contributed by atoms with Gasteiger partial charge >= 0.3 is 7.82 Å². The normalized spacial score (nSPS) is 22.6. The average molecular weight is 542 g/mol. The number of ether oxygens (including phenoxy) is 1. The van der Waals surface area contributed by atoms with Crippen LogP contribution in [-0.2, 0) is 22.9 Å². The summed E-state index contributed by atoms with van der Waals surface area (Å²) < 4.78 is 37.3. The predicted octanol–water partition coefficient (Wildman–Crippen LogP) is 3.23. The third kappa shape index (κ3) is 5.97. The molecular formula is C24H27N6O7P. The molecule has 0 bridgehead atoms. The topological polar surface area (TPSA) is 171 Å². The number of carbonyl (C=O) groups is 1. The van der Waals surface area contributed by atoms with Crippen molar-refractivity contribution in [3.63, 3.8) is 0 Å². The van der Waals surface area contributed by atoms with Crippen molar-refractivity contribution in [1.29, 1.82) is 5.26 Å². The number of rotatable bonds is 12. The lowest BCUT2D eigenvalue weighted by Crippen LogP contribution is -2.31. The van der Waals surface area contributed by atoms with E-state index in [1.165, 1.54) is 18.7 Å². The number of carbonyl (C=O) groups excluding carboxylic acids is 1. The summed E-state index contributed by atoms with van der Waals surface area (Å²) in [6.45, 7) is 4.60.